The fourth-order valence-electron chi connectivity index (χ4n) is 1.48. The van der Waals surface area contributed by atoms with Crippen LogP contribution in [-0.4, -0.2) is 18.4 Å². The van der Waals surface area contributed by atoms with Gasteiger partial charge in [-0.05, 0) is 39.5 Å². The van der Waals surface area contributed by atoms with Crippen LogP contribution in [0.15, 0.2) is 39.1 Å². The summed E-state index contributed by atoms with van der Waals surface area (Å²) >= 11 is 9.63. The maximum atomic E-state index is 12.3. The molecular weight excluding hydrogens is 382 g/mol. The van der Waals surface area contributed by atoms with Crippen LogP contribution < -0.4 is 10.5 Å². The normalized spacial score (nSPS) is 11.4. The first-order chi connectivity index (χ1) is 9.42. The Labute approximate surface area is 134 Å². The van der Waals surface area contributed by atoms with Gasteiger partial charge in [-0.2, -0.15) is 0 Å². The molecule has 2 heterocycles. The molecule has 2 aromatic rings. The maximum Gasteiger partial charge on any atom is 0.243 e. The predicted octanol–water partition coefficient (Wildman–Crippen LogP) is 2.02. The molecule has 9 heteroatoms. The molecule has 0 bridgehead atoms. The number of pyridine rings is 1. The van der Waals surface area contributed by atoms with Gasteiger partial charge in [0.25, 0.3) is 0 Å². The van der Waals surface area contributed by atoms with Crippen molar-refractivity contribution in [2.75, 3.05) is 0 Å². The molecule has 0 saturated carbocycles. The monoisotopic (exact) mass is 391 g/mol. The minimum Gasteiger partial charge on any atom is -0.388 e. The van der Waals surface area contributed by atoms with Crippen LogP contribution in [0.2, 0.25) is 0 Å². The molecule has 0 aliphatic rings. The highest BCUT2D eigenvalue weighted by molar-refractivity contribution is 9.10. The number of rotatable bonds is 5. The molecule has 0 aliphatic heterocycles. The summed E-state index contributed by atoms with van der Waals surface area (Å²) in [5, 5.41) is 1.87. The summed E-state index contributed by atoms with van der Waals surface area (Å²) in [6.07, 6.45) is 1.45. The van der Waals surface area contributed by atoms with E-state index in [9.17, 15) is 8.42 Å². The summed E-state index contributed by atoms with van der Waals surface area (Å²) in [6, 6.07) is 4.81. The molecule has 2 aromatic heterocycles. The quantitative estimate of drug-likeness (QED) is 0.761. The van der Waals surface area contributed by atoms with Crippen molar-refractivity contribution < 1.29 is 8.42 Å². The third-order valence-corrected chi connectivity index (χ3v) is 5.96. The van der Waals surface area contributed by atoms with Crippen LogP contribution in [0.5, 0.6) is 0 Å². The third kappa shape index (κ3) is 3.41. The zero-order chi connectivity index (χ0) is 14.8. The van der Waals surface area contributed by atoms with Gasteiger partial charge in [-0.15, -0.1) is 11.3 Å². The molecule has 106 valence electrons. The van der Waals surface area contributed by atoms with E-state index in [1.54, 1.807) is 0 Å². The predicted molar refractivity (Wildman–Crippen MR) is 86.2 cm³/mol. The number of halogens is 1. The summed E-state index contributed by atoms with van der Waals surface area (Å²) in [5.74, 6) is 0. The van der Waals surface area contributed by atoms with Crippen molar-refractivity contribution in [3.8, 4) is 0 Å². The number of thiocarbonyl (C=S) groups is 1. The number of hydrogen-bond donors (Lipinski definition) is 2. The van der Waals surface area contributed by atoms with Crippen molar-refractivity contribution >= 4 is 54.5 Å². The van der Waals surface area contributed by atoms with E-state index >= 15 is 0 Å². The molecule has 0 aliphatic carbocycles. The first-order valence-electron chi connectivity index (χ1n) is 5.38. The van der Waals surface area contributed by atoms with E-state index in [4.69, 9.17) is 18.0 Å². The van der Waals surface area contributed by atoms with Crippen molar-refractivity contribution in [3.63, 3.8) is 0 Å². The highest BCUT2D eigenvalue weighted by Crippen LogP contribution is 2.23. The number of hydrogen-bond acceptors (Lipinski definition) is 5. The number of thiophene rings is 1. The number of nitrogens with two attached hydrogens (primary N) is 1. The Hall–Kier alpha value is -0.870. The van der Waals surface area contributed by atoms with Crippen LogP contribution in [0.3, 0.4) is 0 Å². The van der Waals surface area contributed by atoms with Crippen LogP contribution in [0.1, 0.15) is 10.6 Å². The van der Waals surface area contributed by atoms with Crippen molar-refractivity contribution in [2.45, 2.75) is 11.4 Å². The van der Waals surface area contributed by atoms with Gasteiger partial charge in [0, 0.05) is 22.1 Å². The van der Waals surface area contributed by atoms with Crippen molar-refractivity contribution in [1.29, 1.82) is 0 Å². The molecule has 3 N–H and O–H groups in total. The van der Waals surface area contributed by atoms with E-state index in [2.05, 4.69) is 25.6 Å². The van der Waals surface area contributed by atoms with Gasteiger partial charge < -0.3 is 5.73 Å². The second-order valence-electron chi connectivity index (χ2n) is 3.73. The number of nitrogens with zero attached hydrogens (tertiary/aromatic N) is 1. The lowest BCUT2D eigenvalue weighted by molar-refractivity contribution is 0.581. The third-order valence-electron chi connectivity index (χ3n) is 2.41. The average Bonchev–Trinajstić information content (AvgIpc) is 2.82. The average molecular weight is 392 g/mol. The maximum absolute atomic E-state index is 12.3. The summed E-state index contributed by atoms with van der Waals surface area (Å²) < 4.78 is 28.0. The minimum atomic E-state index is -3.72. The molecule has 5 nitrogen and oxygen atoms in total. The molecule has 0 fully saturated rings. The van der Waals surface area contributed by atoms with E-state index in [1.165, 1.54) is 29.7 Å². The lowest BCUT2D eigenvalue weighted by atomic mass is 10.3. The summed E-state index contributed by atoms with van der Waals surface area (Å²) in [7, 11) is -3.72. The Morgan fingerprint density at radius 2 is 2.25 bits per heavy atom. The molecule has 0 unspecified atom stereocenters. The molecule has 0 amide bonds. The molecule has 0 spiro atoms. The zero-order valence-corrected chi connectivity index (χ0v) is 14.1. The fourth-order valence-corrected chi connectivity index (χ4v) is 4.40. The first-order valence-corrected chi connectivity index (χ1v) is 8.94. The summed E-state index contributed by atoms with van der Waals surface area (Å²) in [6.45, 7) is 0.187. The molecular formula is C11H10BrN3O2S3. The number of aromatic nitrogens is 1. The zero-order valence-electron chi connectivity index (χ0n) is 10.0. The first kappa shape index (κ1) is 15.5. The van der Waals surface area contributed by atoms with E-state index in [1.807, 2.05) is 11.4 Å². The van der Waals surface area contributed by atoms with E-state index in [0.717, 1.165) is 9.35 Å². The van der Waals surface area contributed by atoms with Crippen LogP contribution in [0.25, 0.3) is 0 Å². The van der Waals surface area contributed by atoms with Gasteiger partial charge >= 0.3 is 0 Å². The highest BCUT2D eigenvalue weighted by atomic mass is 79.9. The van der Waals surface area contributed by atoms with Crippen molar-refractivity contribution in [2.24, 2.45) is 5.73 Å². The summed E-state index contributed by atoms with van der Waals surface area (Å²) in [5.41, 5.74) is 5.59. The topological polar surface area (TPSA) is 85.1 Å². The minimum absolute atomic E-state index is 0.0137. The van der Waals surface area contributed by atoms with Gasteiger partial charge in [0.05, 0.1) is 0 Å². The Morgan fingerprint density at radius 3 is 2.85 bits per heavy atom. The van der Waals surface area contributed by atoms with Crippen molar-refractivity contribution in [1.82, 2.24) is 9.71 Å². The van der Waals surface area contributed by atoms with Crippen molar-refractivity contribution in [3.05, 3.63) is 44.8 Å². The lowest BCUT2D eigenvalue weighted by Gasteiger charge is -2.09. The van der Waals surface area contributed by atoms with Crippen LogP contribution >= 0.6 is 39.5 Å². The molecule has 20 heavy (non-hydrogen) atoms. The van der Waals surface area contributed by atoms with E-state index in [-0.39, 0.29) is 22.1 Å². The largest absolute Gasteiger partial charge is 0.388 e. The standard InChI is InChI=1S/C11H10BrN3O2S3/c12-7-3-5-19-8(7)6-15-20(16,17)9-2-1-4-14-10(9)11(13)18/h1-5,15H,6H2,(H2,13,18). The number of nitrogens with one attached hydrogen (secondary N) is 1. The molecule has 0 radical (unpaired) electrons. The number of sulfonamides is 1. The molecule has 2 rings (SSSR count). The van der Waals surface area contributed by atoms with E-state index in [0.29, 0.717) is 0 Å². The van der Waals surface area contributed by atoms with Gasteiger partial charge in [-0.1, -0.05) is 12.2 Å². The van der Waals surface area contributed by atoms with Crippen LogP contribution in [0, 0.1) is 0 Å². The van der Waals surface area contributed by atoms with Gasteiger partial charge in [-0.3, -0.25) is 4.98 Å². The fraction of sp³-hybridized carbons (Fsp3) is 0.0909. The SMILES string of the molecule is NC(=S)c1ncccc1S(=O)(=O)NCc1sccc1Br. The Balaban J connectivity index is 2.27. The van der Waals surface area contributed by atoms with Crippen LogP contribution in [0.4, 0.5) is 0 Å². The van der Waals surface area contributed by atoms with Gasteiger partial charge in [-0.25, -0.2) is 13.1 Å². The molecule has 0 aromatic carbocycles. The highest BCUT2D eigenvalue weighted by Gasteiger charge is 2.20. The van der Waals surface area contributed by atoms with Gasteiger partial charge in [0.1, 0.15) is 15.6 Å². The Morgan fingerprint density at radius 1 is 1.50 bits per heavy atom. The molecule has 0 saturated heterocycles. The second kappa shape index (κ2) is 6.27. The summed E-state index contributed by atoms with van der Waals surface area (Å²) in [4.78, 5) is 4.73. The Kier molecular flexibility index (Phi) is 4.86. The Bertz CT molecular complexity index is 743. The van der Waals surface area contributed by atoms with Gasteiger partial charge in [0.2, 0.25) is 10.0 Å². The van der Waals surface area contributed by atoms with Gasteiger partial charge in [0.15, 0.2) is 0 Å². The second-order valence-corrected chi connectivity index (χ2v) is 7.76. The van der Waals surface area contributed by atoms with E-state index < -0.39 is 10.0 Å². The molecule has 0 atom stereocenters. The van der Waals surface area contributed by atoms with Crippen LogP contribution in [-0.2, 0) is 16.6 Å². The smallest absolute Gasteiger partial charge is 0.243 e. The lowest BCUT2D eigenvalue weighted by Crippen LogP contribution is -2.26.